The average Bonchev–Trinajstić information content (AvgIpc) is 3.22. The van der Waals surface area contributed by atoms with Gasteiger partial charge in [0, 0.05) is 12.8 Å². The fraction of sp³-hybridized carbons (Fsp3) is 0.739. The summed E-state index contributed by atoms with van der Waals surface area (Å²) in [6, 6.07) is 0. The molecule has 62 heavy (non-hydrogen) atoms. The van der Waals surface area contributed by atoms with Crippen molar-refractivity contribution in [3.05, 3.63) is 60.8 Å². The van der Waals surface area contributed by atoms with Crippen molar-refractivity contribution in [2.24, 2.45) is 5.92 Å². The van der Waals surface area contributed by atoms with Gasteiger partial charge in [-0.1, -0.05) is 171 Å². The van der Waals surface area contributed by atoms with E-state index >= 15 is 0 Å². The lowest BCUT2D eigenvalue weighted by molar-refractivity contribution is -0.161. The number of allylic oxidation sites excluding steroid dienone is 9. The molecule has 5 N–H and O–H groups in total. The Hall–Kier alpha value is -2.22. The Morgan fingerprint density at radius 3 is 1.60 bits per heavy atom. The summed E-state index contributed by atoms with van der Waals surface area (Å²) in [5, 5.41) is 19.2. The first-order valence-corrected chi connectivity index (χ1v) is 26.0. The molecule has 4 atom stereocenters. The molecule has 0 saturated carbocycles. The summed E-state index contributed by atoms with van der Waals surface area (Å²) in [4.78, 5) is 52.7. The zero-order valence-corrected chi connectivity index (χ0v) is 39.8. The minimum absolute atomic E-state index is 0.102. The average molecular weight is 921 g/mol. The summed E-state index contributed by atoms with van der Waals surface area (Å²) in [7, 11) is -9.70. The van der Waals surface area contributed by atoms with Crippen LogP contribution in [0.15, 0.2) is 60.8 Å². The van der Waals surface area contributed by atoms with Crippen molar-refractivity contribution in [3.8, 4) is 0 Å². The molecular formula is C46H82O14P2. The predicted molar refractivity (Wildman–Crippen MR) is 245 cm³/mol. The molecule has 0 aromatic heterocycles. The minimum Gasteiger partial charge on any atom is -0.462 e. The molecule has 0 aliphatic rings. The van der Waals surface area contributed by atoms with Gasteiger partial charge in [0.1, 0.15) is 12.7 Å². The van der Waals surface area contributed by atoms with Crippen LogP contribution in [-0.4, -0.2) is 81.6 Å². The molecule has 1 unspecified atom stereocenters. The van der Waals surface area contributed by atoms with Crippen molar-refractivity contribution in [2.45, 2.75) is 187 Å². The molecule has 0 aromatic carbocycles. The summed E-state index contributed by atoms with van der Waals surface area (Å²) in [6.45, 7) is 3.69. The molecule has 0 amide bonds. The Morgan fingerprint density at radius 2 is 1.05 bits per heavy atom. The van der Waals surface area contributed by atoms with Gasteiger partial charge in [-0.3, -0.25) is 23.2 Å². The normalized spacial score (nSPS) is 15.1. The fourth-order valence-electron chi connectivity index (χ4n) is 5.87. The molecule has 0 bridgehead atoms. The van der Waals surface area contributed by atoms with Crippen LogP contribution in [0.5, 0.6) is 0 Å². The number of phosphoric ester groups is 2. The van der Waals surface area contributed by atoms with E-state index in [4.69, 9.17) is 23.8 Å². The molecule has 0 aliphatic heterocycles. The van der Waals surface area contributed by atoms with Crippen LogP contribution in [0.25, 0.3) is 0 Å². The Kier molecular flexibility index (Phi) is 38.9. The van der Waals surface area contributed by atoms with Gasteiger partial charge in [0.2, 0.25) is 0 Å². The molecule has 0 aliphatic carbocycles. The van der Waals surface area contributed by atoms with Gasteiger partial charge >= 0.3 is 27.6 Å². The zero-order valence-electron chi connectivity index (χ0n) is 38.0. The Bertz CT molecular complexity index is 1360. The second kappa shape index (κ2) is 40.3. The van der Waals surface area contributed by atoms with Gasteiger partial charge in [-0.25, -0.2) is 9.13 Å². The number of hydrogen-bond donors (Lipinski definition) is 5. The van der Waals surface area contributed by atoms with Crippen molar-refractivity contribution in [1.82, 2.24) is 0 Å². The van der Waals surface area contributed by atoms with E-state index in [0.717, 1.165) is 44.4 Å². The van der Waals surface area contributed by atoms with Crippen LogP contribution in [0.4, 0.5) is 0 Å². The monoisotopic (exact) mass is 921 g/mol. The van der Waals surface area contributed by atoms with Gasteiger partial charge in [0.25, 0.3) is 0 Å². The van der Waals surface area contributed by atoms with Crippen LogP contribution in [-0.2, 0) is 41.8 Å². The van der Waals surface area contributed by atoms with Crippen molar-refractivity contribution < 1.29 is 66.7 Å². The van der Waals surface area contributed by atoms with Crippen LogP contribution < -0.4 is 0 Å². The maximum atomic E-state index is 12.7. The van der Waals surface area contributed by atoms with Gasteiger partial charge in [-0.05, 0) is 50.9 Å². The molecule has 16 heteroatoms. The second-order valence-corrected chi connectivity index (χ2v) is 18.7. The van der Waals surface area contributed by atoms with Gasteiger partial charge in [0.05, 0.1) is 25.9 Å². The van der Waals surface area contributed by atoms with E-state index in [-0.39, 0.29) is 12.8 Å². The number of phosphoric acid groups is 2. The first-order valence-electron chi connectivity index (χ1n) is 22.9. The highest BCUT2D eigenvalue weighted by Gasteiger charge is 2.28. The van der Waals surface area contributed by atoms with E-state index in [1.54, 1.807) is 6.08 Å². The number of aliphatic hydroxyl groups is 2. The van der Waals surface area contributed by atoms with E-state index < -0.39 is 72.3 Å². The summed E-state index contributed by atoms with van der Waals surface area (Å²) >= 11 is 0. The second-order valence-electron chi connectivity index (χ2n) is 16.0. The first-order chi connectivity index (χ1) is 29.6. The topological polar surface area (TPSA) is 216 Å². The number of esters is 2. The number of carbonyl (C=O) groups excluding carboxylic acids is 2. The molecule has 0 rings (SSSR count). The van der Waals surface area contributed by atoms with Crippen LogP contribution in [0.1, 0.15) is 168 Å². The van der Waals surface area contributed by atoms with E-state index in [1.165, 1.54) is 70.6 Å². The zero-order chi connectivity index (χ0) is 46.2. The Balaban J connectivity index is 4.58. The number of unbranched alkanes of at least 4 members (excludes halogenated alkanes) is 14. The van der Waals surface area contributed by atoms with Crippen molar-refractivity contribution in [3.63, 3.8) is 0 Å². The lowest BCUT2D eigenvalue weighted by Crippen LogP contribution is -2.30. The standard InChI is InChI=1S/C46H82O14P2/c1-4-42(47)34-30-26-22-18-14-10-6-8-11-15-19-23-27-31-35-45(49)56-39-44(40-59-62(54,55)58-38-43(48)37-57-61(51,52)53)60-46(50)36-32-28-24-20-16-12-7-5-9-13-17-21-25-29-33-41(2)3/h8,10-11,14,19,22-23,26,30,34,41-44,47-48H,4-7,9,12-13,15-18,20-21,24-25,27-29,31-33,35-40H2,1-3H3,(H,54,55)(H2,51,52,53)/b11-8-,14-10-,23-19-,26-22-,34-30+/t42-,43-,44+/m0/s1. The molecule has 360 valence electrons. The molecule has 0 fully saturated rings. The van der Waals surface area contributed by atoms with Crippen molar-refractivity contribution >= 4 is 27.6 Å². The quantitative estimate of drug-likeness (QED) is 0.0127. The number of rotatable bonds is 42. The number of aliphatic hydroxyl groups excluding tert-OH is 2. The number of ether oxygens (including phenoxy) is 2. The maximum absolute atomic E-state index is 12.7. The molecule has 0 saturated heterocycles. The van der Waals surface area contributed by atoms with E-state index in [2.05, 4.69) is 47.2 Å². The molecule has 0 spiro atoms. The third-order valence-electron chi connectivity index (χ3n) is 9.50. The summed E-state index contributed by atoms with van der Waals surface area (Å²) in [5.74, 6) is -0.315. The predicted octanol–water partition coefficient (Wildman–Crippen LogP) is 10.8. The molecule has 0 heterocycles. The highest BCUT2D eigenvalue weighted by molar-refractivity contribution is 7.47. The lowest BCUT2D eigenvalue weighted by Gasteiger charge is -2.20. The Morgan fingerprint density at radius 1 is 0.565 bits per heavy atom. The van der Waals surface area contributed by atoms with Gasteiger partial charge in [0.15, 0.2) is 6.10 Å². The third-order valence-corrected chi connectivity index (χ3v) is 10.9. The molecule has 14 nitrogen and oxygen atoms in total. The van der Waals surface area contributed by atoms with E-state index in [9.17, 15) is 33.8 Å². The molecule has 0 radical (unpaired) electrons. The van der Waals surface area contributed by atoms with Crippen LogP contribution in [0.2, 0.25) is 0 Å². The third kappa shape index (κ3) is 44.4. The molecule has 0 aromatic rings. The van der Waals surface area contributed by atoms with Gasteiger partial charge in [-0.15, -0.1) is 0 Å². The van der Waals surface area contributed by atoms with Gasteiger partial charge in [-0.2, -0.15) is 0 Å². The van der Waals surface area contributed by atoms with Gasteiger partial charge < -0.3 is 34.4 Å². The number of carbonyl (C=O) groups is 2. The lowest BCUT2D eigenvalue weighted by atomic mass is 10.0. The fourth-order valence-corrected chi connectivity index (χ4v) is 7.03. The summed E-state index contributed by atoms with van der Waals surface area (Å²) < 4.78 is 47.8. The van der Waals surface area contributed by atoms with Crippen LogP contribution in [0, 0.1) is 5.92 Å². The van der Waals surface area contributed by atoms with E-state index in [1.807, 2.05) is 37.3 Å². The van der Waals surface area contributed by atoms with Crippen molar-refractivity contribution in [1.29, 1.82) is 0 Å². The minimum atomic E-state index is -4.87. The van der Waals surface area contributed by atoms with Crippen LogP contribution in [0.3, 0.4) is 0 Å². The maximum Gasteiger partial charge on any atom is 0.472 e. The van der Waals surface area contributed by atoms with Crippen molar-refractivity contribution in [2.75, 3.05) is 26.4 Å². The highest BCUT2D eigenvalue weighted by atomic mass is 31.2. The largest absolute Gasteiger partial charge is 0.472 e. The molecular weight excluding hydrogens is 838 g/mol. The summed E-state index contributed by atoms with van der Waals surface area (Å²) in [5.41, 5.74) is 0. The summed E-state index contributed by atoms with van der Waals surface area (Å²) in [6.07, 6.45) is 38.9. The smallest absolute Gasteiger partial charge is 0.462 e. The SMILES string of the molecule is CC[C@H](O)/C=C/C=C\C/C=C\C/C=C\C/C=C\CCCC(=O)OC[C@H](COP(=O)(O)OC[C@@H](O)COP(=O)(O)O)OC(=O)CCCCCCCCCCCCCCCCC(C)C. The Labute approximate surface area is 373 Å². The number of hydrogen-bond acceptors (Lipinski definition) is 11. The highest BCUT2D eigenvalue weighted by Crippen LogP contribution is 2.43. The van der Waals surface area contributed by atoms with E-state index in [0.29, 0.717) is 25.7 Å². The van der Waals surface area contributed by atoms with Crippen LogP contribution >= 0.6 is 15.6 Å². The first kappa shape index (κ1) is 59.8.